The number of aromatic nitrogens is 6. The van der Waals surface area contributed by atoms with E-state index in [2.05, 4.69) is 20.2 Å². The van der Waals surface area contributed by atoms with Gasteiger partial charge in [-0.2, -0.15) is 10.2 Å². The van der Waals surface area contributed by atoms with Crippen LogP contribution < -0.4 is 5.73 Å². The van der Waals surface area contributed by atoms with Gasteiger partial charge in [-0.3, -0.25) is 9.36 Å². The van der Waals surface area contributed by atoms with E-state index in [0.717, 1.165) is 0 Å². The zero-order chi connectivity index (χ0) is 12.0. The Kier molecular flexibility index (Phi) is 7.03. The number of aryl methyl sites for hydroxylation is 2. The second-order valence-corrected chi connectivity index (χ2v) is 3.03. The van der Waals surface area contributed by atoms with Gasteiger partial charge in [-0.1, -0.05) is 0 Å². The Bertz CT molecular complexity index is 387. The summed E-state index contributed by atoms with van der Waals surface area (Å²) in [6, 6.07) is 0. The first-order valence-electron chi connectivity index (χ1n) is 4.65. The van der Waals surface area contributed by atoms with Crippen molar-refractivity contribution in [1.29, 1.82) is 0 Å². The minimum atomic E-state index is -0.0825. The minimum absolute atomic E-state index is 0. The number of rotatable bonds is 2. The van der Waals surface area contributed by atoms with Crippen molar-refractivity contribution in [2.75, 3.05) is 0 Å². The number of hydrogen-bond donors (Lipinski definition) is 2. The summed E-state index contributed by atoms with van der Waals surface area (Å²) in [7, 11) is 3.57. The largest absolute Gasteiger partial charge is 0.388 e. The first-order valence-corrected chi connectivity index (χ1v) is 4.65. The molecule has 0 atom stereocenters. The molecule has 0 fully saturated rings. The van der Waals surface area contributed by atoms with Crippen molar-refractivity contribution in [1.82, 2.24) is 29.5 Å². The summed E-state index contributed by atoms with van der Waals surface area (Å²) in [6.07, 6.45) is 3.17. The Morgan fingerprint density at radius 1 is 1.12 bits per heavy atom. The van der Waals surface area contributed by atoms with Crippen molar-refractivity contribution in [3.05, 3.63) is 24.3 Å². The molecule has 2 aromatic rings. The molecule has 0 aliphatic heterocycles. The molecule has 0 radical (unpaired) electrons. The van der Waals surface area contributed by atoms with Crippen molar-refractivity contribution in [3.63, 3.8) is 0 Å². The molecule has 96 valence electrons. The van der Waals surface area contributed by atoms with Crippen LogP contribution in [0.3, 0.4) is 0 Å². The van der Waals surface area contributed by atoms with Crippen LogP contribution in [0.25, 0.3) is 0 Å². The number of nitrogens with two attached hydrogens (primary N) is 1. The maximum atomic E-state index is 8.41. The quantitative estimate of drug-likeness (QED) is 0.718. The Morgan fingerprint density at radius 2 is 1.59 bits per heavy atom. The van der Waals surface area contributed by atoms with E-state index in [4.69, 9.17) is 10.8 Å². The topological polar surface area (TPSA) is 108 Å². The molecule has 0 aliphatic carbocycles. The minimum Gasteiger partial charge on any atom is -0.388 e. The normalized spacial score (nSPS) is 9.18. The molecular weight excluding hydrogens is 246 g/mol. The Hall–Kier alpha value is -1.51. The van der Waals surface area contributed by atoms with Gasteiger partial charge < -0.3 is 10.8 Å². The summed E-state index contributed by atoms with van der Waals surface area (Å²) in [5.41, 5.74) is 5.22. The molecule has 0 unspecified atom stereocenters. The fraction of sp³-hybridized carbons (Fsp3) is 0.500. The van der Waals surface area contributed by atoms with Crippen LogP contribution in [-0.2, 0) is 27.2 Å². The van der Waals surface area contributed by atoms with E-state index in [1.165, 1.54) is 0 Å². The van der Waals surface area contributed by atoms with E-state index in [9.17, 15) is 0 Å². The van der Waals surface area contributed by atoms with Crippen molar-refractivity contribution in [2.24, 2.45) is 19.8 Å². The van der Waals surface area contributed by atoms with Gasteiger partial charge in [0.1, 0.15) is 19.3 Å². The predicted octanol–water partition coefficient (Wildman–Crippen LogP) is -0.997. The highest BCUT2D eigenvalue weighted by molar-refractivity contribution is 5.85. The summed E-state index contributed by atoms with van der Waals surface area (Å²) in [4.78, 5) is 7.60. The SMILES string of the molecule is Cl.Cn1cnc(CN)n1.Cn1cnc(CO)n1. The zero-order valence-corrected chi connectivity index (χ0v) is 10.5. The lowest BCUT2D eigenvalue weighted by Gasteiger charge is -1.81. The molecule has 0 aliphatic rings. The molecular formula is C8H16ClN7O. The van der Waals surface area contributed by atoms with Crippen LogP contribution in [0.5, 0.6) is 0 Å². The van der Waals surface area contributed by atoms with Gasteiger partial charge in [0.05, 0.1) is 6.54 Å². The maximum Gasteiger partial charge on any atom is 0.175 e. The summed E-state index contributed by atoms with van der Waals surface area (Å²) >= 11 is 0. The van der Waals surface area contributed by atoms with Crippen molar-refractivity contribution in [3.8, 4) is 0 Å². The molecule has 2 rings (SSSR count). The summed E-state index contributed by atoms with van der Waals surface area (Å²) in [6.45, 7) is 0.335. The fourth-order valence-electron chi connectivity index (χ4n) is 0.934. The number of halogens is 1. The molecule has 0 spiro atoms. The van der Waals surface area contributed by atoms with E-state index in [0.29, 0.717) is 18.2 Å². The van der Waals surface area contributed by atoms with Crippen LogP contribution in [0.1, 0.15) is 11.6 Å². The third-order valence-electron chi connectivity index (χ3n) is 1.62. The second-order valence-electron chi connectivity index (χ2n) is 3.03. The second kappa shape index (κ2) is 7.71. The van der Waals surface area contributed by atoms with Gasteiger partial charge in [0.25, 0.3) is 0 Å². The average Bonchev–Trinajstić information content (AvgIpc) is 2.88. The Morgan fingerprint density at radius 3 is 1.76 bits per heavy atom. The predicted molar refractivity (Wildman–Crippen MR) is 63.1 cm³/mol. The smallest absolute Gasteiger partial charge is 0.175 e. The molecule has 2 heterocycles. The molecule has 3 N–H and O–H groups in total. The van der Waals surface area contributed by atoms with Crippen LogP contribution in [0.15, 0.2) is 12.7 Å². The van der Waals surface area contributed by atoms with E-state index >= 15 is 0 Å². The van der Waals surface area contributed by atoms with Crippen LogP contribution in [-0.4, -0.2) is 34.6 Å². The molecule has 0 amide bonds. The summed E-state index contributed by atoms with van der Waals surface area (Å²) < 4.78 is 3.17. The van der Waals surface area contributed by atoms with E-state index in [-0.39, 0.29) is 19.0 Å². The van der Waals surface area contributed by atoms with Gasteiger partial charge in [-0.25, -0.2) is 9.97 Å². The lowest BCUT2D eigenvalue weighted by molar-refractivity contribution is 0.271. The Balaban J connectivity index is 0.000000284. The van der Waals surface area contributed by atoms with Crippen LogP contribution in [0.2, 0.25) is 0 Å². The van der Waals surface area contributed by atoms with Gasteiger partial charge in [0.2, 0.25) is 0 Å². The zero-order valence-electron chi connectivity index (χ0n) is 9.69. The molecule has 0 bridgehead atoms. The highest BCUT2D eigenvalue weighted by Crippen LogP contribution is 1.83. The molecule has 17 heavy (non-hydrogen) atoms. The Labute approximate surface area is 105 Å². The molecule has 2 aromatic heterocycles. The number of aliphatic hydroxyl groups is 1. The highest BCUT2D eigenvalue weighted by Gasteiger charge is 1.91. The van der Waals surface area contributed by atoms with E-state index in [1.54, 1.807) is 29.1 Å². The molecule has 0 aromatic carbocycles. The average molecular weight is 262 g/mol. The maximum absolute atomic E-state index is 8.41. The lowest BCUT2D eigenvalue weighted by Crippen LogP contribution is -1.99. The number of aliphatic hydroxyl groups excluding tert-OH is 1. The van der Waals surface area contributed by atoms with Gasteiger partial charge in [0.15, 0.2) is 11.6 Å². The third kappa shape index (κ3) is 5.38. The third-order valence-corrected chi connectivity index (χ3v) is 1.62. The molecule has 0 saturated heterocycles. The van der Waals surface area contributed by atoms with Gasteiger partial charge in [-0.05, 0) is 0 Å². The van der Waals surface area contributed by atoms with Gasteiger partial charge in [0, 0.05) is 14.1 Å². The monoisotopic (exact) mass is 261 g/mol. The highest BCUT2D eigenvalue weighted by atomic mass is 35.5. The van der Waals surface area contributed by atoms with Crippen LogP contribution >= 0.6 is 12.4 Å². The first-order chi connectivity index (χ1) is 7.65. The summed E-state index contributed by atoms with van der Waals surface area (Å²) in [5, 5.41) is 16.1. The molecule has 8 nitrogen and oxygen atoms in total. The van der Waals surface area contributed by atoms with E-state index < -0.39 is 0 Å². The standard InChI is InChI=1S/C4H8N4.C4H7N3O.ClH/c1-8-3-6-4(2-5)7-8;1-7-3-5-4(2-8)6-7;/h3H,2,5H2,1H3;3,8H,2H2,1H3;1H. The summed E-state index contributed by atoms with van der Waals surface area (Å²) in [5.74, 6) is 1.15. The van der Waals surface area contributed by atoms with Crippen molar-refractivity contribution >= 4 is 12.4 Å². The first kappa shape index (κ1) is 15.5. The van der Waals surface area contributed by atoms with Gasteiger partial charge >= 0.3 is 0 Å². The molecule has 0 saturated carbocycles. The van der Waals surface area contributed by atoms with Crippen LogP contribution in [0, 0.1) is 0 Å². The van der Waals surface area contributed by atoms with Crippen LogP contribution in [0.4, 0.5) is 0 Å². The van der Waals surface area contributed by atoms with Gasteiger partial charge in [-0.15, -0.1) is 12.4 Å². The number of hydrogen-bond acceptors (Lipinski definition) is 6. The molecule has 9 heteroatoms. The lowest BCUT2D eigenvalue weighted by atomic mass is 10.6. The van der Waals surface area contributed by atoms with E-state index in [1.807, 2.05) is 7.05 Å². The number of nitrogens with zero attached hydrogens (tertiary/aromatic N) is 6. The van der Waals surface area contributed by atoms with Crippen molar-refractivity contribution in [2.45, 2.75) is 13.2 Å². The fourth-order valence-corrected chi connectivity index (χ4v) is 0.934. The van der Waals surface area contributed by atoms with Crippen molar-refractivity contribution < 1.29 is 5.11 Å².